The smallest absolute Gasteiger partial charge is 0.243 e. The van der Waals surface area contributed by atoms with E-state index in [-0.39, 0.29) is 22.7 Å². The molecule has 4 rings (SSSR count). The Morgan fingerprint density at radius 1 is 1.50 bits per heavy atom. The number of anilines is 1. The summed E-state index contributed by atoms with van der Waals surface area (Å²) < 4.78 is 17.2. The van der Waals surface area contributed by atoms with Gasteiger partial charge in [0.05, 0.1) is 6.54 Å². The number of nitrogens with zero attached hydrogens (tertiary/aromatic N) is 3. The maximum atomic E-state index is 15.2. The van der Waals surface area contributed by atoms with Gasteiger partial charge in [-0.25, -0.2) is 8.91 Å². The molecule has 0 amide bonds. The van der Waals surface area contributed by atoms with Gasteiger partial charge in [0.15, 0.2) is 11.6 Å². The first kappa shape index (κ1) is 18.2. The van der Waals surface area contributed by atoms with Gasteiger partial charge in [0.25, 0.3) is 0 Å². The van der Waals surface area contributed by atoms with Crippen molar-refractivity contribution in [1.29, 1.82) is 0 Å². The van der Waals surface area contributed by atoms with Crippen LogP contribution in [0.2, 0.25) is 5.28 Å². The van der Waals surface area contributed by atoms with Crippen LogP contribution < -0.4 is 11.1 Å². The normalized spacial score (nSPS) is 15.5. The van der Waals surface area contributed by atoms with Gasteiger partial charge in [0, 0.05) is 16.5 Å². The van der Waals surface area contributed by atoms with Crippen LogP contribution in [0.15, 0.2) is 22.1 Å². The Kier molecular flexibility index (Phi) is 5.18. The highest BCUT2D eigenvalue weighted by atomic mass is 79.9. The maximum absolute atomic E-state index is 15.2. The molecular formula is C17H18BrClFN5S. The SMILES string of the molecule is N[C@H](Cc1c(F)c2c(NCc3cccs3)nc(Cl)nn2c1Br)CC1CC1. The first-order chi connectivity index (χ1) is 12.5. The molecule has 0 radical (unpaired) electrons. The minimum absolute atomic E-state index is 0.0516. The van der Waals surface area contributed by atoms with Crippen LogP contribution in [-0.2, 0) is 13.0 Å². The number of nitrogens with one attached hydrogen (secondary N) is 1. The van der Waals surface area contributed by atoms with E-state index in [1.54, 1.807) is 11.3 Å². The first-order valence-corrected chi connectivity index (χ1v) is 10.5. The van der Waals surface area contributed by atoms with E-state index in [9.17, 15) is 0 Å². The number of nitrogens with two attached hydrogens (primary N) is 1. The Morgan fingerprint density at radius 3 is 3.00 bits per heavy atom. The molecule has 26 heavy (non-hydrogen) atoms. The second-order valence-corrected chi connectivity index (χ2v) is 8.77. The molecule has 1 aliphatic carbocycles. The molecule has 3 heterocycles. The largest absolute Gasteiger partial charge is 0.363 e. The Morgan fingerprint density at radius 2 is 2.31 bits per heavy atom. The minimum Gasteiger partial charge on any atom is -0.363 e. The summed E-state index contributed by atoms with van der Waals surface area (Å²) in [4.78, 5) is 5.31. The van der Waals surface area contributed by atoms with Crippen LogP contribution in [0, 0.1) is 11.7 Å². The molecule has 0 saturated heterocycles. The highest BCUT2D eigenvalue weighted by Gasteiger charge is 2.27. The van der Waals surface area contributed by atoms with Crippen molar-refractivity contribution >= 4 is 50.2 Å². The Balaban J connectivity index is 1.66. The van der Waals surface area contributed by atoms with Crippen molar-refractivity contribution in [2.24, 2.45) is 11.7 Å². The maximum Gasteiger partial charge on any atom is 0.243 e. The molecule has 5 nitrogen and oxygen atoms in total. The summed E-state index contributed by atoms with van der Waals surface area (Å²) in [5.41, 5.74) is 7.03. The van der Waals surface area contributed by atoms with E-state index in [1.807, 2.05) is 17.5 Å². The van der Waals surface area contributed by atoms with Gasteiger partial charge in [-0.15, -0.1) is 16.4 Å². The standard InChI is InChI=1S/C17H18BrClFN5S/c18-15-12(7-10(21)6-9-3-4-9)13(20)14-16(23-17(19)24-25(14)15)22-8-11-2-1-5-26-11/h1-2,5,9-10H,3-4,6-8,21H2,(H,22,23,24)/t10-/m0/s1. The van der Waals surface area contributed by atoms with E-state index in [2.05, 4.69) is 31.3 Å². The molecule has 0 bridgehead atoms. The van der Waals surface area contributed by atoms with Crippen molar-refractivity contribution in [1.82, 2.24) is 14.6 Å². The van der Waals surface area contributed by atoms with E-state index >= 15 is 4.39 Å². The van der Waals surface area contributed by atoms with E-state index in [0.717, 1.165) is 11.3 Å². The fraction of sp³-hybridized carbons (Fsp3) is 0.412. The highest BCUT2D eigenvalue weighted by molar-refractivity contribution is 9.10. The first-order valence-electron chi connectivity index (χ1n) is 8.47. The summed E-state index contributed by atoms with van der Waals surface area (Å²) in [6.45, 7) is 0.541. The highest BCUT2D eigenvalue weighted by Crippen LogP contribution is 2.36. The second-order valence-electron chi connectivity index (χ2n) is 6.65. The zero-order valence-corrected chi connectivity index (χ0v) is 17.0. The van der Waals surface area contributed by atoms with Crippen molar-refractivity contribution in [3.8, 4) is 0 Å². The lowest BCUT2D eigenvalue weighted by molar-refractivity contribution is 0.546. The van der Waals surface area contributed by atoms with Gasteiger partial charge in [-0.3, -0.25) is 0 Å². The molecule has 0 aromatic carbocycles. The van der Waals surface area contributed by atoms with Gasteiger partial charge in [0.1, 0.15) is 10.1 Å². The van der Waals surface area contributed by atoms with Gasteiger partial charge in [-0.1, -0.05) is 18.9 Å². The van der Waals surface area contributed by atoms with Crippen molar-refractivity contribution in [2.45, 2.75) is 38.3 Å². The van der Waals surface area contributed by atoms with Crippen LogP contribution in [0.1, 0.15) is 29.7 Å². The van der Waals surface area contributed by atoms with Crippen molar-refractivity contribution < 1.29 is 4.39 Å². The van der Waals surface area contributed by atoms with E-state index in [0.29, 0.717) is 34.9 Å². The summed E-state index contributed by atoms with van der Waals surface area (Å²) in [5.74, 6) is 0.716. The fourth-order valence-corrected chi connectivity index (χ4v) is 4.51. The summed E-state index contributed by atoms with van der Waals surface area (Å²) in [6, 6.07) is 3.90. The van der Waals surface area contributed by atoms with Crippen LogP contribution in [0.5, 0.6) is 0 Å². The topological polar surface area (TPSA) is 68.2 Å². The van der Waals surface area contributed by atoms with Gasteiger partial charge in [-0.05, 0) is 57.7 Å². The molecule has 1 fully saturated rings. The molecule has 1 saturated carbocycles. The second kappa shape index (κ2) is 7.42. The lowest BCUT2D eigenvalue weighted by Crippen LogP contribution is -2.23. The van der Waals surface area contributed by atoms with E-state index in [4.69, 9.17) is 17.3 Å². The van der Waals surface area contributed by atoms with Crippen molar-refractivity contribution in [2.75, 3.05) is 5.32 Å². The quantitative estimate of drug-likeness (QED) is 0.542. The Bertz CT molecular complexity index is 925. The Labute approximate surface area is 167 Å². The molecule has 3 aromatic rings. The number of fused-ring (bicyclic) bond motifs is 1. The monoisotopic (exact) mass is 457 g/mol. The average Bonchev–Trinajstić information content (AvgIpc) is 3.19. The minimum atomic E-state index is -0.353. The third-order valence-corrected chi connectivity index (χ3v) is 6.39. The molecule has 0 aliphatic heterocycles. The van der Waals surface area contributed by atoms with Gasteiger partial charge in [-0.2, -0.15) is 4.98 Å². The van der Waals surface area contributed by atoms with Crippen LogP contribution in [0.25, 0.3) is 5.52 Å². The molecule has 1 atom stereocenters. The van der Waals surface area contributed by atoms with Gasteiger partial charge >= 0.3 is 0 Å². The molecule has 3 aromatic heterocycles. The number of halogens is 3. The molecule has 0 unspecified atom stereocenters. The molecular weight excluding hydrogens is 441 g/mol. The molecule has 138 valence electrons. The zero-order chi connectivity index (χ0) is 18.3. The third-order valence-electron chi connectivity index (χ3n) is 4.54. The molecule has 3 N–H and O–H groups in total. The van der Waals surface area contributed by atoms with E-state index in [1.165, 1.54) is 17.4 Å². The summed E-state index contributed by atoms with van der Waals surface area (Å²) in [7, 11) is 0. The van der Waals surface area contributed by atoms with Crippen LogP contribution >= 0.6 is 38.9 Å². The zero-order valence-electron chi connectivity index (χ0n) is 13.9. The van der Waals surface area contributed by atoms with Gasteiger partial charge in [0.2, 0.25) is 5.28 Å². The summed E-state index contributed by atoms with van der Waals surface area (Å²) >= 11 is 11.1. The molecule has 0 spiro atoms. The third kappa shape index (κ3) is 3.74. The van der Waals surface area contributed by atoms with Crippen LogP contribution in [-0.4, -0.2) is 20.6 Å². The molecule has 9 heteroatoms. The predicted octanol–water partition coefficient (Wildman–Crippen LogP) is 4.63. The molecule has 1 aliphatic rings. The van der Waals surface area contributed by atoms with Crippen LogP contribution in [0.4, 0.5) is 10.2 Å². The lowest BCUT2D eigenvalue weighted by atomic mass is 10.0. The van der Waals surface area contributed by atoms with Crippen molar-refractivity contribution in [3.63, 3.8) is 0 Å². The predicted molar refractivity (Wildman–Crippen MR) is 106 cm³/mol. The van der Waals surface area contributed by atoms with Crippen LogP contribution in [0.3, 0.4) is 0 Å². The lowest BCUT2D eigenvalue weighted by Gasteiger charge is -2.10. The average molecular weight is 459 g/mol. The summed E-state index contributed by atoms with van der Waals surface area (Å²) in [5, 5.41) is 9.36. The number of aromatic nitrogens is 3. The number of rotatable bonds is 7. The Hall–Kier alpha value is -1.22. The van der Waals surface area contributed by atoms with Crippen molar-refractivity contribution in [3.05, 3.63) is 43.7 Å². The fourth-order valence-electron chi connectivity index (χ4n) is 3.11. The summed E-state index contributed by atoms with van der Waals surface area (Å²) in [6.07, 6.45) is 3.84. The van der Waals surface area contributed by atoms with Gasteiger partial charge < -0.3 is 11.1 Å². The number of hydrogen-bond donors (Lipinski definition) is 2. The number of thiophene rings is 1. The van der Waals surface area contributed by atoms with E-state index < -0.39 is 0 Å². The number of hydrogen-bond acceptors (Lipinski definition) is 5.